The minimum absolute atomic E-state index is 0.0464. The first-order chi connectivity index (χ1) is 11.1. The number of ether oxygens (including phenoxy) is 1. The molecule has 1 atom stereocenters. The number of nitrogens with one attached hydrogen (secondary N) is 1. The average molecular weight is 336 g/mol. The number of hydrogen-bond acceptors (Lipinski definition) is 5. The van der Waals surface area contributed by atoms with Gasteiger partial charge >= 0.3 is 0 Å². The third kappa shape index (κ3) is 3.89. The normalized spacial score (nSPS) is 18.2. The number of anilines is 1. The number of hydrogen-bond donors (Lipinski definition) is 1. The maximum Gasteiger partial charge on any atom is 0.232 e. The number of benzene rings is 1. The summed E-state index contributed by atoms with van der Waals surface area (Å²) in [7, 11) is -1.62. The number of aryl methyl sites for hydroxylation is 1. The van der Waals surface area contributed by atoms with Gasteiger partial charge in [-0.15, -0.1) is 10.2 Å². The second kappa shape index (κ2) is 6.67. The molecule has 3 rings (SSSR count). The molecule has 8 heteroatoms. The van der Waals surface area contributed by atoms with Gasteiger partial charge in [0.15, 0.2) is 5.82 Å². The molecule has 0 saturated carbocycles. The zero-order chi connectivity index (χ0) is 16.3. The second-order valence-corrected chi connectivity index (χ2v) is 7.50. The smallest absolute Gasteiger partial charge is 0.232 e. The molecule has 1 aromatic heterocycles. The Kier molecular flexibility index (Phi) is 4.63. The van der Waals surface area contributed by atoms with E-state index in [2.05, 4.69) is 14.9 Å². The van der Waals surface area contributed by atoms with Gasteiger partial charge in [0.05, 0.1) is 17.5 Å². The Labute approximate surface area is 135 Å². The van der Waals surface area contributed by atoms with Crippen molar-refractivity contribution in [3.8, 4) is 11.4 Å². The highest BCUT2D eigenvalue weighted by Crippen LogP contribution is 2.26. The molecule has 0 aliphatic carbocycles. The van der Waals surface area contributed by atoms with Crippen LogP contribution in [0.2, 0.25) is 0 Å². The third-order valence-corrected chi connectivity index (χ3v) is 5.18. The first-order valence-corrected chi connectivity index (χ1v) is 9.26. The van der Waals surface area contributed by atoms with Gasteiger partial charge in [-0.1, -0.05) is 12.1 Å². The molecule has 1 aliphatic heterocycles. The molecule has 0 radical (unpaired) electrons. The largest absolute Gasteiger partial charge is 0.378 e. The van der Waals surface area contributed by atoms with Crippen LogP contribution in [0.3, 0.4) is 0 Å². The Morgan fingerprint density at radius 1 is 1.39 bits per heavy atom. The molecule has 0 spiro atoms. The summed E-state index contributed by atoms with van der Waals surface area (Å²) in [5.74, 6) is 0.660. The van der Waals surface area contributed by atoms with Gasteiger partial charge in [-0.05, 0) is 31.4 Å². The highest BCUT2D eigenvalue weighted by atomic mass is 32.2. The van der Waals surface area contributed by atoms with E-state index in [1.54, 1.807) is 23.0 Å². The SMILES string of the molecule is Cn1cnnc1-c1ccccc1NS(=O)(=O)CC[C@@H]1CCCO1. The summed E-state index contributed by atoms with van der Waals surface area (Å²) in [6, 6.07) is 7.18. The molecule has 0 bridgehead atoms. The third-order valence-electron chi connectivity index (χ3n) is 3.88. The van der Waals surface area contributed by atoms with E-state index in [4.69, 9.17) is 4.74 Å². The maximum absolute atomic E-state index is 12.4. The summed E-state index contributed by atoms with van der Waals surface area (Å²) in [4.78, 5) is 0. The zero-order valence-corrected chi connectivity index (χ0v) is 13.8. The lowest BCUT2D eigenvalue weighted by Gasteiger charge is -2.13. The van der Waals surface area contributed by atoms with Gasteiger partial charge in [0.1, 0.15) is 6.33 Å². The molecule has 2 aromatic rings. The zero-order valence-electron chi connectivity index (χ0n) is 13.0. The van der Waals surface area contributed by atoms with Crippen LogP contribution >= 0.6 is 0 Å². The minimum atomic E-state index is -3.44. The number of aromatic nitrogens is 3. The van der Waals surface area contributed by atoms with Crippen molar-refractivity contribution in [1.29, 1.82) is 0 Å². The monoisotopic (exact) mass is 336 g/mol. The average Bonchev–Trinajstić information content (AvgIpc) is 3.17. The lowest BCUT2D eigenvalue weighted by molar-refractivity contribution is 0.109. The van der Waals surface area contributed by atoms with E-state index in [-0.39, 0.29) is 11.9 Å². The second-order valence-electron chi connectivity index (χ2n) is 5.66. The Balaban J connectivity index is 1.75. The quantitative estimate of drug-likeness (QED) is 0.869. The lowest BCUT2D eigenvalue weighted by atomic mass is 10.2. The number of rotatable bonds is 6. The van der Waals surface area contributed by atoms with Gasteiger partial charge in [-0.2, -0.15) is 0 Å². The van der Waals surface area contributed by atoms with E-state index < -0.39 is 10.0 Å². The molecule has 1 saturated heterocycles. The predicted octanol–water partition coefficient (Wildman–Crippen LogP) is 1.79. The molecule has 2 heterocycles. The van der Waals surface area contributed by atoms with Crippen LogP contribution in [-0.2, 0) is 21.8 Å². The number of para-hydroxylation sites is 1. The van der Waals surface area contributed by atoms with Crippen LogP contribution in [0.1, 0.15) is 19.3 Å². The molecule has 1 N–H and O–H groups in total. The predicted molar refractivity (Wildman–Crippen MR) is 87.4 cm³/mol. The summed E-state index contributed by atoms with van der Waals surface area (Å²) in [5, 5.41) is 7.89. The van der Waals surface area contributed by atoms with Crippen LogP contribution in [0.4, 0.5) is 5.69 Å². The maximum atomic E-state index is 12.4. The van der Waals surface area contributed by atoms with Crippen molar-refractivity contribution in [2.45, 2.75) is 25.4 Å². The van der Waals surface area contributed by atoms with Crippen LogP contribution < -0.4 is 4.72 Å². The molecule has 1 aliphatic rings. The van der Waals surface area contributed by atoms with Crippen molar-refractivity contribution in [2.24, 2.45) is 7.05 Å². The fourth-order valence-corrected chi connectivity index (χ4v) is 3.86. The first-order valence-electron chi connectivity index (χ1n) is 7.61. The molecule has 23 heavy (non-hydrogen) atoms. The van der Waals surface area contributed by atoms with Crippen molar-refractivity contribution in [3.63, 3.8) is 0 Å². The topological polar surface area (TPSA) is 86.1 Å². The van der Waals surface area contributed by atoms with E-state index in [9.17, 15) is 8.42 Å². The van der Waals surface area contributed by atoms with Crippen LogP contribution in [0.5, 0.6) is 0 Å². The molecule has 0 amide bonds. The van der Waals surface area contributed by atoms with Gasteiger partial charge in [-0.25, -0.2) is 8.42 Å². The summed E-state index contributed by atoms with van der Waals surface area (Å²) >= 11 is 0. The van der Waals surface area contributed by atoms with Gasteiger partial charge in [-0.3, -0.25) is 4.72 Å². The highest BCUT2D eigenvalue weighted by molar-refractivity contribution is 7.92. The molecular formula is C15H20N4O3S. The van der Waals surface area contributed by atoms with Crippen LogP contribution in [0, 0.1) is 0 Å². The Hall–Kier alpha value is -1.93. The number of nitrogens with zero attached hydrogens (tertiary/aromatic N) is 3. The lowest BCUT2D eigenvalue weighted by Crippen LogP contribution is -2.21. The summed E-state index contributed by atoms with van der Waals surface area (Å²) in [6.07, 6.45) is 4.10. The van der Waals surface area contributed by atoms with E-state index in [1.165, 1.54) is 0 Å². The summed E-state index contributed by atoms with van der Waals surface area (Å²) < 4.78 is 34.6. The van der Waals surface area contributed by atoms with Gasteiger partial charge < -0.3 is 9.30 Å². The van der Waals surface area contributed by atoms with E-state index in [1.807, 2.05) is 19.2 Å². The van der Waals surface area contributed by atoms with E-state index in [0.29, 0.717) is 23.5 Å². The molecule has 0 unspecified atom stereocenters. The van der Waals surface area contributed by atoms with E-state index >= 15 is 0 Å². The summed E-state index contributed by atoms with van der Waals surface area (Å²) in [5.41, 5.74) is 1.21. The fourth-order valence-electron chi connectivity index (χ4n) is 2.67. The first kappa shape index (κ1) is 15.9. The van der Waals surface area contributed by atoms with Gasteiger partial charge in [0, 0.05) is 19.2 Å². The molecule has 124 valence electrons. The van der Waals surface area contributed by atoms with Crippen molar-refractivity contribution in [3.05, 3.63) is 30.6 Å². The van der Waals surface area contributed by atoms with Crippen molar-refractivity contribution in [2.75, 3.05) is 17.1 Å². The number of sulfonamides is 1. The Morgan fingerprint density at radius 3 is 2.91 bits per heavy atom. The van der Waals surface area contributed by atoms with Crippen molar-refractivity contribution >= 4 is 15.7 Å². The minimum Gasteiger partial charge on any atom is -0.378 e. The standard InChI is InChI=1S/C15H20N4O3S/c1-19-11-16-17-15(19)13-6-2-3-7-14(13)18-23(20,21)10-8-12-5-4-9-22-12/h2-3,6-7,11-12,18H,4-5,8-10H2,1H3/t12-/m0/s1. The van der Waals surface area contributed by atoms with E-state index in [0.717, 1.165) is 19.4 Å². The molecule has 1 aromatic carbocycles. The van der Waals surface area contributed by atoms with Gasteiger partial charge in [0.25, 0.3) is 0 Å². The van der Waals surface area contributed by atoms with Crippen LogP contribution in [-0.4, -0.2) is 41.6 Å². The van der Waals surface area contributed by atoms with Crippen LogP contribution in [0.15, 0.2) is 30.6 Å². The Morgan fingerprint density at radius 2 is 2.22 bits per heavy atom. The van der Waals surface area contributed by atoms with Crippen molar-refractivity contribution in [1.82, 2.24) is 14.8 Å². The van der Waals surface area contributed by atoms with Gasteiger partial charge in [0.2, 0.25) is 10.0 Å². The Bertz CT molecular complexity index is 767. The molecule has 1 fully saturated rings. The van der Waals surface area contributed by atoms with Crippen LogP contribution in [0.25, 0.3) is 11.4 Å². The molecule has 7 nitrogen and oxygen atoms in total. The molecular weight excluding hydrogens is 316 g/mol. The van der Waals surface area contributed by atoms with Crippen molar-refractivity contribution < 1.29 is 13.2 Å². The fraction of sp³-hybridized carbons (Fsp3) is 0.467. The summed E-state index contributed by atoms with van der Waals surface area (Å²) in [6.45, 7) is 0.729. The highest BCUT2D eigenvalue weighted by Gasteiger charge is 2.21.